The molecular formula is C26H29N3O3. The Morgan fingerprint density at radius 3 is 2.53 bits per heavy atom. The molecule has 0 fully saturated rings. The molecule has 1 aromatic heterocycles. The van der Waals surface area contributed by atoms with Crippen LogP contribution >= 0.6 is 0 Å². The van der Waals surface area contributed by atoms with Crippen LogP contribution < -0.4 is 10.2 Å². The van der Waals surface area contributed by atoms with Gasteiger partial charge in [-0.05, 0) is 23.1 Å². The Kier molecular flexibility index (Phi) is 6.71. The molecule has 0 radical (unpaired) electrons. The normalized spacial score (nSPS) is 13.4. The van der Waals surface area contributed by atoms with Gasteiger partial charge in [-0.2, -0.15) is 0 Å². The van der Waals surface area contributed by atoms with Gasteiger partial charge in [0.2, 0.25) is 11.3 Å². The van der Waals surface area contributed by atoms with Crippen LogP contribution in [0.4, 0.5) is 0 Å². The summed E-state index contributed by atoms with van der Waals surface area (Å²) in [5, 5.41) is 0. The van der Waals surface area contributed by atoms with Crippen molar-refractivity contribution in [3.05, 3.63) is 99.5 Å². The monoisotopic (exact) mass is 431 g/mol. The lowest BCUT2D eigenvalue weighted by Crippen LogP contribution is -2.34. The lowest BCUT2D eigenvalue weighted by atomic mass is 10.00. The van der Waals surface area contributed by atoms with Crippen LogP contribution in [0.5, 0.6) is 5.75 Å². The van der Waals surface area contributed by atoms with Gasteiger partial charge >= 0.3 is 0 Å². The quantitative estimate of drug-likeness (QED) is 0.577. The molecule has 1 aliphatic rings. The van der Waals surface area contributed by atoms with Crippen LogP contribution in [-0.2, 0) is 37.4 Å². The van der Waals surface area contributed by atoms with E-state index >= 15 is 0 Å². The molecule has 6 nitrogen and oxygen atoms in total. The summed E-state index contributed by atoms with van der Waals surface area (Å²) in [5.41, 5.74) is 4.43. The van der Waals surface area contributed by atoms with E-state index in [4.69, 9.17) is 4.74 Å². The second-order valence-electron chi connectivity index (χ2n) is 8.29. The smallest absolute Gasteiger partial charge is 0.242 e. The van der Waals surface area contributed by atoms with Gasteiger partial charge in [0.25, 0.3) is 0 Å². The number of rotatable bonds is 7. The van der Waals surface area contributed by atoms with Gasteiger partial charge in [-0.1, -0.05) is 54.6 Å². The maximum atomic E-state index is 13.0. The number of ether oxygens (including phenoxy) is 1. The minimum absolute atomic E-state index is 0.0233. The molecule has 2 heterocycles. The van der Waals surface area contributed by atoms with Crippen molar-refractivity contribution < 1.29 is 9.53 Å². The molecule has 1 amide bonds. The predicted octanol–water partition coefficient (Wildman–Crippen LogP) is 3.07. The number of benzene rings is 2. The summed E-state index contributed by atoms with van der Waals surface area (Å²) in [6.07, 6.45) is 2.64. The van der Waals surface area contributed by atoms with Gasteiger partial charge in [-0.25, -0.2) is 0 Å². The molecule has 0 aliphatic carbocycles. The van der Waals surface area contributed by atoms with Crippen LogP contribution in [0.25, 0.3) is 0 Å². The van der Waals surface area contributed by atoms with Crippen LogP contribution in [0.1, 0.15) is 22.4 Å². The summed E-state index contributed by atoms with van der Waals surface area (Å²) in [7, 11) is 3.28. The van der Waals surface area contributed by atoms with Crippen molar-refractivity contribution in [2.75, 3.05) is 20.7 Å². The van der Waals surface area contributed by atoms with E-state index < -0.39 is 0 Å². The molecule has 1 aliphatic heterocycles. The van der Waals surface area contributed by atoms with E-state index in [1.165, 1.54) is 18.2 Å². The minimum Gasteiger partial charge on any atom is -0.491 e. The molecule has 3 aromatic rings. The van der Waals surface area contributed by atoms with Crippen molar-refractivity contribution in [2.45, 2.75) is 32.6 Å². The van der Waals surface area contributed by atoms with Gasteiger partial charge < -0.3 is 14.2 Å². The first-order valence-electron chi connectivity index (χ1n) is 10.9. The van der Waals surface area contributed by atoms with E-state index in [1.54, 1.807) is 24.2 Å². The number of nitrogens with zero attached hydrogens (tertiary/aromatic N) is 3. The maximum Gasteiger partial charge on any atom is 0.242 e. The number of carbonyl (C=O) groups excluding carboxylic acids is 1. The molecule has 0 saturated heterocycles. The van der Waals surface area contributed by atoms with Crippen LogP contribution in [-0.4, -0.2) is 41.0 Å². The zero-order chi connectivity index (χ0) is 22.5. The van der Waals surface area contributed by atoms with E-state index in [2.05, 4.69) is 29.2 Å². The predicted molar refractivity (Wildman–Crippen MR) is 124 cm³/mol. The van der Waals surface area contributed by atoms with Gasteiger partial charge in [0.1, 0.15) is 6.54 Å². The van der Waals surface area contributed by atoms with Crippen molar-refractivity contribution in [2.24, 2.45) is 0 Å². The first kappa shape index (κ1) is 21.8. The first-order valence-corrected chi connectivity index (χ1v) is 10.9. The Morgan fingerprint density at radius 2 is 1.78 bits per heavy atom. The Hall–Kier alpha value is -3.38. The fourth-order valence-corrected chi connectivity index (χ4v) is 4.16. The fraction of sp³-hybridized carbons (Fsp3) is 0.308. The van der Waals surface area contributed by atoms with Crippen molar-refractivity contribution in [3.63, 3.8) is 0 Å². The number of carbonyl (C=O) groups is 1. The number of aromatic nitrogens is 1. The minimum atomic E-state index is -0.166. The molecule has 0 atom stereocenters. The van der Waals surface area contributed by atoms with Crippen molar-refractivity contribution >= 4 is 5.91 Å². The molecular weight excluding hydrogens is 402 g/mol. The number of likely N-dealkylation sites (N-methyl/N-ethyl adjacent to an activating group) is 1. The lowest BCUT2D eigenvalue weighted by molar-refractivity contribution is -0.131. The zero-order valence-electron chi connectivity index (χ0n) is 18.7. The van der Waals surface area contributed by atoms with E-state index in [0.717, 1.165) is 30.8 Å². The number of amides is 1. The molecule has 4 rings (SSSR count). The van der Waals surface area contributed by atoms with Crippen LogP contribution in [0.15, 0.2) is 71.7 Å². The van der Waals surface area contributed by atoms with Crippen molar-refractivity contribution in [3.8, 4) is 5.75 Å². The Bertz CT molecular complexity index is 1140. The van der Waals surface area contributed by atoms with Gasteiger partial charge in [0, 0.05) is 45.0 Å². The molecule has 166 valence electrons. The number of fused-ring (bicyclic) bond motifs is 1. The van der Waals surface area contributed by atoms with E-state index in [9.17, 15) is 9.59 Å². The Labute approximate surface area is 188 Å². The largest absolute Gasteiger partial charge is 0.491 e. The molecule has 0 spiro atoms. The van der Waals surface area contributed by atoms with Gasteiger partial charge in [-0.3, -0.25) is 14.5 Å². The molecule has 32 heavy (non-hydrogen) atoms. The van der Waals surface area contributed by atoms with E-state index in [0.29, 0.717) is 13.1 Å². The summed E-state index contributed by atoms with van der Waals surface area (Å²) in [6.45, 7) is 3.04. The fourth-order valence-electron chi connectivity index (χ4n) is 4.16. The van der Waals surface area contributed by atoms with Crippen LogP contribution in [0.3, 0.4) is 0 Å². The number of methoxy groups -OCH3 is 1. The molecule has 0 bridgehead atoms. The van der Waals surface area contributed by atoms with E-state index in [1.807, 2.05) is 34.9 Å². The summed E-state index contributed by atoms with van der Waals surface area (Å²) in [6, 6.07) is 20.0. The number of pyridine rings is 1. The average molecular weight is 432 g/mol. The van der Waals surface area contributed by atoms with Crippen LogP contribution in [0.2, 0.25) is 0 Å². The zero-order valence-corrected chi connectivity index (χ0v) is 18.7. The van der Waals surface area contributed by atoms with Gasteiger partial charge in [-0.15, -0.1) is 0 Å². The lowest BCUT2D eigenvalue weighted by Gasteiger charge is -2.30. The van der Waals surface area contributed by atoms with Crippen molar-refractivity contribution in [1.82, 2.24) is 14.4 Å². The standard InChI is InChI=1S/C26H29N3O3/c1-27(15-20-8-4-3-5-9-20)26(31)19-29-18-25(32-2)24(30)14-23(29)17-28-13-12-21-10-6-7-11-22(21)16-28/h3-11,14,18H,12-13,15-17,19H2,1-2H3. The number of hydrogen-bond acceptors (Lipinski definition) is 4. The molecule has 0 saturated carbocycles. The number of hydrogen-bond donors (Lipinski definition) is 0. The molecule has 0 unspecified atom stereocenters. The first-order chi connectivity index (χ1) is 15.5. The van der Waals surface area contributed by atoms with Gasteiger partial charge in [0.15, 0.2) is 5.75 Å². The van der Waals surface area contributed by atoms with Crippen LogP contribution in [0, 0.1) is 0 Å². The molecule has 2 aromatic carbocycles. The highest BCUT2D eigenvalue weighted by molar-refractivity contribution is 5.75. The highest BCUT2D eigenvalue weighted by Gasteiger charge is 2.19. The molecule has 0 N–H and O–H groups in total. The maximum absolute atomic E-state index is 13.0. The SMILES string of the molecule is COc1cn(CC(=O)N(C)Cc2ccccc2)c(CN2CCc3ccccc3C2)cc1=O. The third-order valence-electron chi connectivity index (χ3n) is 5.99. The average Bonchev–Trinajstić information content (AvgIpc) is 2.81. The highest BCUT2D eigenvalue weighted by atomic mass is 16.5. The topological polar surface area (TPSA) is 54.8 Å². The summed E-state index contributed by atoms with van der Waals surface area (Å²) >= 11 is 0. The Morgan fingerprint density at radius 1 is 1.06 bits per heavy atom. The van der Waals surface area contributed by atoms with E-state index in [-0.39, 0.29) is 23.6 Å². The second kappa shape index (κ2) is 9.83. The Balaban J connectivity index is 1.52. The third-order valence-corrected chi connectivity index (χ3v) is 5.99. The van der Waals surface area contributed by atoms with Gasteiger partial charge in [0.05, 0.1) is 13.3 Å². The highest BCUT2D eigenvalue weighted by Crippen LogP contribution is 2.20. The summed E-state index contributed by atoms with van der Waals surface area (Å²) < 4.78 is 7.09. The summed E-state index contributed by atoms with van der Waals surface area (Å²) in [4.78, 5) is 29.5. The molecule has 6 heteroatoms. The summed E-state index contributed by atoms with van der Waals surface area (Å²) in [5.74, 6) is 0.223. The third kappa shape index (κ3) is 5.08. The van der Waals surface area contributed by atoms with Crippen molar-refractivity contribution in [1.29, 1.82) is 0 Å². The second-order valence-corrected chi connectivity index (χ2v) is 8.29.